The first-order chi connectivity index (χ1) is 11.5. The highest BCUT2D eigenvalue weighted by atomic mass is 19.4. The van der Waals surface area contributed by atoms with Crippen molar-refractivity contribution in [3.05, 3.63) is 35.4 Å². The van der Waals surface area contributed by atoms with Crippen molar-refractivity contribution in [2.75, 3.05) is 7.11 Å². The zero-order valence-electron chi connectivity index (χ0n) is 14.3. The summed E-state index contributed by atoms with van der Waals surface area (Å²) in [4.78, 5) is 23.8. The molecule has 0 unspecified atom stereocenters. The highest BCUT2D eigenvalue weighted by Gasteiger charge is 2.30. The largest absolute Gasteiger partial charge is 0.467 e. The monoisotopic (exact) mass is 361 g/mol. The van der Waals surface area contributed by atoms with Gasteiger partial charge in [0.25, 0.3) is 0 Å². The minimum atomic E-state index is -4.45. The molecule has 25 heavy (non-hydrogen) atoms. The zero-order chi connectivity index (χ0) is 19.2. The van der Waals surface area contributed by atoms with Gasteiger partial charge in [0.1, 0.15) is 12.1 Å². The quantitative estimate of drug-likeness (QED) is 0.731. The maximum atomic E-state index is 12.6. The van der Waals surface area contributed by atoms with E-state index in [1.807, 2.05) is 13.8 Å². The zero-order valence-corrected chi connectivity index (χ0v) is 14.3. The van der Waals surface area contributed by atoms with E-state index in [4.69, 9.17) is 0 Å². The van der Waals surface area contributed by atoms with Crippen LogP contribution >= 0.6 is 0 Å². The lowest BCUT2D eigenvalue weighted by molar-refractivity contribution is -0.146. The van der Waals surface area contributed by atoms with Crippen LogP contribution in [-0.4, -0.2) is 36.2 Å². The summed E-state index contributed by atoms with van der Waals surface area (Å²) < 4.78 is 42.3. The van der Waals surface area contributed by atoms with Crippen LogP contribution in [0.15, 0.2) is 24.3 Å². The van der Waals surface area contributed by atoms with Crippen molar-refractivity contribution in [1.29, 1.82) is 0 Å². The number of carbonyl (C=O) groups is 2. The predicted molar refractivity (Wildman–Crippen MR) is 84.6 cm³/mol. The van der Waals surface area contributed by atoms with Gasteiger partial charge in [-0.25, -0.2) is 4.79 Å². The van der Waals surface area contributed by atoms with Crippen LogP contribution in [0.1, 0.15) is 31.4 Å². The molecular weight excluding hydrogens is 339 g/mol. The van der Waals surface area contributed by atoms with Crippen molar-refractivity contribution in [2.24, 2.45) is 5.92 Å². The molecule has 0 aliphatic rings. The predicted octanol–water partition coefficient (Wildman–Crippen LogP) is 2.31. The average Bonchev–Trinajstić information content (AvgIpc) is 2.52. The third-order valence-electron chi connectivity index (χ3n) is 3.52. The number of benzene rings is 1. The highest BCUT2D eigenvalue weighted by Crippen LogP contribution is 2.29. The Balaban J connectivity index is 2.83. The van der Waals surface area contributed by atoms with Gasteiger partial charge in [-0.3, -0.25) is 4.79 Å². The number of rotatable bonds is 7. The first-order valence-electron chi connectivity index (χ1n) is 7.77. The van der Waals surface area contributed by atoms with Crippen molar-refractivity contribution in [2.45, 2.75) is 45.0 Å². The first kappa shape index (κ1) is 21.0. The molecule has 8 heteroatoms. The molecule has 0 bridgehead atoms. The molecule has 1 aromatic rings. The Labute approximate surface area is 144 Å². The lowest BCUT2D eigenvalue weighted by Gasteiger charge is -2.20. The molecule has 0 spiro atoms. The van der Waals surface area contributed by atoms with E-state index in [0.29, 0.717) is 5.56 Å². The number of amides is 1. The second-order valence-electron chi connectivity index (χ2n) is 6.13. The molecule has 1 amide bonds. The Morgan fingerprint density at radius 3 is 2.20 bits per heavy atom. The van der Waals surface area contributed by atoms with Crippen LogP contribution < -0.4 is 5.32 Å². The summed E-state index contributed by atoms with van der Waals surface area (Å²) in [5.74, 6) is -1.40. The van der Waals surface area contributed by atoms with Crippen molar-refractivity contribution in [3.63, 3.8) is 0 Å². The van der Waals surface area contributed by atoms with Crippen LogP contribution in [0, 0.1) is 5.92 Å². The Morgan fingerprint density at radius 1 is 1.20 bits per heavy atom. The van der Waals surface area contributed by atoms with Gasteiger partial charge < -0.3 is 15.2 Å². The number of carbonyl (C=O) groups excluding carboxylic acids is 2. The van der Waals surface area contributed by atoms with Crippen LogP contribution in [0.2, 0.25) is 0 Å². The highest BCUT2D eigenvalue weighted by molar-refractivity contribution is 5.87. The summed E-state index contributed by atoms with van der Waals surface area (Å²) in [6, 6.07) is 3.17. The molecule has 140 valence electrons. The lowest BCUT2D eigenvalue weighted by Crippen LogP contribution is -2.47. The van der Waals surface area contributed by atoms with Gasteiger partial charge in [-0.1, -0.05) is 26.0 Å². The Bertz CT molecular complexity index is 585. The summed E-state index contributed by atoms with van der Waals surface area (Å²) in [5.41, 5.74) is -0.385. The molecule has 0 aromatic heterocycles. The van der Waals surface area contributed by atoms with Crippen molar-refractivity contribution in [1.82, 2.24) is 5.32 Å². The van der Waals surface area contributed by atoms with Crippen molar-refractivity contribution < 1.29 is 32.6 Å². The van der Waals surface area contributed by atoms with Gasteiger partial charge in [0.05, 0.1) is 12.7 Å². The Hall–Kier alpha value is -2.09. The number of esters is 1. The third kappa shape index (κ3) is 6.74. The number of ether oxygens (including phenoxy) is 1. The van der Waals surface area contributed by atoms with Crippen LogP contribution in [-0.2, 0) is 26.9 Å². The summed E-state index contributed by atoms with van der Waals surface area (Å²) in [7, 11) is 1.14. The second kappa shape index (κ2) is 8.84. The van der Waals surface area contributed by atoms with Crippen LogP contribution in [0.5, 0.6) is 0 Å². The number of alkyl halides is 3. The average molecular weight is 361 g/mol. The molecule has 5 nitrogen and oxygen atoms in total. The standard InChI is InChI=1S/C17H22F3NO4/c1-10(2)8-14(22)15(23)21-13(16(24)25-3)9-11-4-6-12(7-5-11)17(18,19)20/h4-7,10,13-14,22H,8-9H2,1-3H3,(H,21,23)/t13-,14-/m0/s1. The van der Waals surface area contributed by atoms with E-state index >= 15 is 0 Å². The normalized spacial score (nSPS) is 14.1. The fourth-order valence-corrected chi connectivity index (χ4v) is 2.22. The molecule has 2 N–H and O–H groups in total. The summed E-state index contributed by atoms with van der Waals surface area (Å²) in [6.07, 6.45) is -5.56. The van der Waals surface area contributed by atoms with E-state index in [2.05, 4.69) is 10.1 Å². The van der Waals surface area contributed by atoms with E-state index in [1.54, 1.807) is 0 Å². The summed E-state index contributed by atoms with van der Waals surface area (Å²) in [6.45, 7) is 3.66. The van der Waals surface area contributed by atoms with E-state index in [0.717, 1.165) is 19.2 Å². The summed E-state index contributed by atoms with van der Waals surface area (Å²) in [5, 5.41) is 12.2. The topological polar surface area (TPSA) is 75.6 Å². The lowest BCUT2D eigenvalue weighted by atomic mass is 10.0. The Morgan fingerprint density at radius 2 is 1.76 bits per heavy atom. The number of hydrogen-bond acceptors (Lipinski definition) is 4. The number of nitrogens with one attached hydrogen (secondary N) is 1. The van der Waals surface area contributed by atoms with Crippen molar-refractivity contribution in [3.8, 4) is 0 Å². The number of halogens is 3. The van der Waals surface area contributed by atoms with Gasteiger partial charge in [0.15, 0.2) is 0 Å². The van der Waals surface area contributed by atoms with E-state index in [1.165, 1.54) is 12.1 Å². The number of aliphatic hydroxyl groups is 1. The van der Waals surface area contributed by atoms with Crippen LogP contribution in [0.4, 0.5) is 13.2 Å². The number of methoxy groups -OCH3 is 1. The SMILES string of the molecule is COC(=O)[C@H](Cc1ccc(C(F)(F)F)cc1)NC(=O)[C@@H](O)CC(C)C. The second-order valence-corrected chi connectivity index (χ2v) is 6.13. The van der Waals surface area contributed by atoms with Gasteiger partial charge in [-0.2, -0.15) is 13.2 Å². The molecule has 0 aliphatic heterocycles. The smallest absolute Gasteiger partial charge is 0.416 e. The summed E-state index contributed by atoms with van der Waals surface area (Å²) >= 11 is 0. The Kier molecular flexibility index (Phi) is 7.41. The maximum Gasteiger partial charge on any atom is 0.416 e. The molecule has 0 radical (unpaired) electrons. The molecule has 2 atom stereocenters. The van der Waals surface area contributed by atoms with Crippen LogP contribution in [0.25, 0.3) is 0 Å². The maximum absolute atomic E-state index is 12.6. The molecule has 0 aliphatic carbocycles. The van der Waals surface area contributed by atoms with Gasteiger partial charge in [-0.15, -0.1) is 0 Å². The molecule has 0 saturated carbocycles. The fourth-order valence-electron chi connectivity index (χ4n) is 2.22. The minimum Gasteiger partial charge on any atom is -0.467 e. The molecule has 1 rings (SSSR count). The van der Waals surface area contributed by atoms with E-state index in [9.17, 15) is 27.9 Å². The first-order valence-corrected chi connectivity index (χ1v) is 7.77. The van der Waals surface area contributed by atoms with Gasteiger partial charge in [0, 0.05) is 6.42 Å². The van der Waals surface area contributed by atoms with E-state index < -0.39 is 35.8 Å². The van der Waals surface area contributed by atoms with Crippen molar-refractivity contribution >= 4 is 11.9 Å². The van der Waals surface area contributed by atoms with Gasteiger partial charge in [-0.05, 0) is 30.0 Å². The van der Waals surface area contributed by atoms with Gasteiger partial charge in [0.2, 0.25) is 5.91 Å². The fraction of sp³-hybridized carbons (Fsp3) is 0.529. The van der Waals surface area contributed by atoms with Crippen LogP contribution in [0.3, 0.4) is 0 Å². The van der Waals surface area contributed by atoms with E-state index in [-0.39, 0.29) is 18.8 Å². The van der Waals surface area contributed by atoms with Gasteiger partial charge >= 0.3 is 12.1 Å². The molecule has 0 heterocycles. The molecule has 0 fully saturated rings. The molecule has 0 saturated heterocycles. The molecule has 1 aromatic carbocycles. The number of hydrogen-bond donors (Lipinski definition) is 2. The minimum absolute atomic E-state index is 0.0506. The third-order valence-corrected chi connectivity index (χ3v) is 3.52. The molecular formula is C17H22F3NO4. The number of aliphatic hydroxyl groups excluding tert-OH is 1.